The van der Waals surface area contributed by atoms with Gasteiger partial charge in [-0.2, -0.15) is 0 Å². The van der Waals surface area contributed by atoms with Crippen LogP contribution < -0.4 is 4.90 Å². The lowest BCUT2D eigenvalue weighted by Crippen LogP contribution is -2.30. The number of rotatable bonds is 6. The summed E-state index contributed by atoms with van der Waals surface area (Å²) < 4.78 is 28.3. The number of pyridine rings is 1. The van der Waals surface area contributed by atoms with Gasteiger partial charge < -0.3 is 0 Å². The molecule has 1 amide bonds. The first-order valence-electron chi connectivity index (χ1n) is 10.7. The van der Waals surface area contributed by atoms with E-state index in [9.17, 15) is 18.4 Å². The SMILES string of the molecule is O=C(c1ccccc1)c1ccc(C(=O)N(Cc2cccnc2)c2nc3c(F)cc(F)cc3s2)cc1. The van der Waals surface area contributed by atoms with E-state index in [1.54, 1.807) is 67.0 Å². The minimum Gasteiger partial charge on any atom is -0.289 e. The van der Waals surface area contributed by atoms with E-state index < -0.39 is 17.5 Å². The molecule has 3 aromatic carbocycles. The lowest BCUT2D eigenvalue weighted by atomic mass is 10.0. The standard InChI is InChI=1S/C27H17F2N3O2S/c28-21-13-22(29)24-23(14-21)35-27(31-24)32(16-17-5-4-12-30-15-17)26(34)20-10-8-19(9-11-20)25(33)18-6-2-1-3-7-18/h1-15H,16H2. The Bertz CT molecular complexity index is 1520. The molecule has 2 aromatic heterocycles. The van der Waals surface area contributed by atoms with Crippen molar-refractivity contribution in [2.45, 2.75) is 6.54 Å². The van der Waals surface area contributed by atoms with Crippen LogP contribution in [0.4, 0.5) is 13.9 Å². The third-order valence-electron chi connectivity index (χ3n) is 5.37. The zero-order valence-electron chi connectivity index (χ0n) is 18.2. The second-order valence-corrected chi connectivity index (χ2v) is 8.76. The Labute approximate surface area is 203 Å². The second kappa shape index (κ2) is 9.52. The molecule has 5 nitrogen and oxygen atoms in total. The van der Waals surface area contributed by atoms with Crippen molar-refractivity contribution in [3.63, 3.8) is 0 Å². The van der Waals surface area contributed by atoms with Crippen LogP contribution in [0.5, 0.6) is 0 Å². The van der Waals surface area contributed by atoms with Gasteiger partial charge in [0.05, 0.1) is 11.2 Å². The molecule has 5 aromatic rings. The predicted octanol–water partition coefficient (Wildman–Crippen LogP) is 6.05. The summed E-state index contributed by atoms with van der Waals surface area (Å²) in [5, 5.41) is 0.225. The Balaban J connectivity index is 1.50. The Morgan fingerprint density at radius 1 is 0.857 bits per heavy atom. The monoisotopic (exact) mass is 485 g/mol. The number of carbonyl (C=O) groups excluding carboxylic acids is 2. The summed E-state index contributed by atoms with van der Waals surface area (Å²) in [4.78, 5) is 36.0. The average molecular weight is 486 g/mol. The van der Waals surface area contributed by atoms with Crippen molar-refractivity contribution in [3.8, 4) is 0 Å². The van der Waals surface area contributed by atoms with E-state index in [0.29, 0.717) is 21.4 Å². The number of anilines is 1. The molecule has 0 aliphatic carbocycles. The third kappa shape index (κ3) is 4.69. The summed E-state index contributed by atoms with van der Waals surface area (Å²) in [7, 11) is 0. The predicted molar refractivity (Wildman–Crippen MR) is 131 cm³/mol. The minimum atomic E-state index is -0.792. The van der Waals surface area contributed by atoms with Crippen molar-refractivity contribution in [2.24, 2.45) is 0 Å². The fourth-order valence-electron chi connectivity index (χ4n) is 3.64. The molecule has 0 aliphatic rings. The molecule has 0 N–H and O–H groups in total. The van der Waals surface area contributed by atoms with Crippen molar-refractivity contribution in [1.82, 2.24) is 9.97 Å². The first-order valence-corrected chi connectivity index (χ1v) is 11.5. The van der Waals surface area contributed by atoms with E-state index in [-0.39, 0.29) is 23.0 Å². The van der Waals surface area contributed by atoms with Gasteiger partial charge in [0.25, 0.3) is 5.91 Å². The lowest BCUT2D eigenvalue weighted by molar-refractivity contribution is 0.0982. The van der Waals surface area contributed by atoms with E-state index in [1.807, 2.05) is 12.1 Å². The molecular formula is C27H17F2N3O2S. The topological polar surface area (TPSA) is 63.2 Å². The van der Waals surface area contributed by atoms with Gasteiger partial charge in [0, 0.05) is 35.2 Å². The van der Waals surface area contributed by atoms with Gasteiger partial charge in [-0.15, -0.1) is 0 Å². The molecule has 0 radical (unpaired) electrons. The molecule has 0 fully saturated rings. The van der Waals surface area contributed by atoms with Crippen LogP contribution in [0.2, 0.25) is 0 Å². The van der Waals surface area contributed by atoms with Crippen LogP contribution >= 0.6 is 11.3 Å². The summed E-state index contributed by atoms with van der Waals surface area (Å²) in [5.41, 5.74) is 2.06. The summed E-state index contributed by atoms with van der Waals surface area (Å²) in [6, 6.07) is 20.7. The van der Waals surface area contributed by atoms with Crippen molar-refractivity contribution in [3.05, 3.63) is 125 Å². The van der Waals surface area contributed by atoms with Crippen LogP contribution in [0.3, 0.4) is 0 Å². The highest BCUT2D eigenvalue weighted by atomic mass is 32.1. The number of hydrogen-bond donors (Lipinski definition) is 0. The van der Waals surface area contributed by atoms with E-state index in [2.05, 4.69) is 9.97 Å². The summed E-state index contributed by atoms with van der Waals surface area (Å²) in [5.74, 6) is -2.05. The van der Waals surface area contributed by atoms with Gasteiger partial charge in [-0.3, -0.25) is 19.5 Å². The lowest BCUT2D eigenvalue weighted by Gasteiger charge is -2.20. The third-order valence-corrected chi connectivity index (χ3v) is 6.40. The number of benzene rings is 3. The Hall–Kier alpha value is -4.30. The van der Waals surface area contributed by atoms with Gasteiger partial charge in [0.1, 0.15) is 11.3 Å². The van der Waals surface area contributed by atoms with Crippen molar-refractivity contribution in [1.29, 1.82) is 0 Å². The molecule has 5 rings (SSSR count). The minimum absolute atomic E-state index is 0.000748. The molecular weight excluding hydrogens is 468 g/mol. The van der Waals surface area contributed by atoms with E-state index >= 15 is 0 Å². The van der Waals surface area contributed by atoms with Crippen LogP contribution in [-0.2, 0) is 6.54 Å². The highest BCUT2D eigenvalue weighted by Gasteiger charge is 2.23. The molecule has 0 atom stereocenters. The van der Waals surface area contributed by atoms with E-state index in [0.717, 1.165) is 23.0 Å². The van der Waals surface area contributed by atoms with Crippen molar-refractivity contribution >= 4 is 38.4 Å². The molecule has 8 heteroatoms. The fraction of sp³-hybridized carbons (Fsp3) is 0.0370. The number of hydrogen-bond acceptors (Lipinski definition) is 5. The molecule has 0 bridgehead atoms. The fourth-order valence-corrected chi connectivity index (χ4v) is 4.64. The first kappa shape index (κ1) is 22.5. The molecule has 0 saturated carbocycles. The number of amides is 1. The summed E-state index contributed by atoms with van der Waals surface area (Å²) in [6.07, 6.45) is 3.24. The number of carbonyl (C=O) groups is 2. The van der Waals surface area contributed by atoms with E-state index in [4.69, 9.17) is 0 Å². The quantitative estimate of drug-likeness (QED) is 0.275. The molecule has 172 valence electrons. The van der Waals surface area contributed by atoms with Gasteiger partial charge >= 0.3 is 0 Å². The molecule has 35 heavy (non-hydrogen) atoms. The Morgan fingerprint density at radius 2 is 1.57 bits per heavy atom. The molecule has 0 unspecified atom stereocenters. The Kier molecular flexibility index (Phi) is 6.12. The second-order valence-electron chi connectivity index (χ2n) is 7.76. The maximum absolute atomic E-state index is 14.3. The number of thiazole rings is 1. The largest absolute Gasteiger partial charge is 0.289 e. The maximum Gasteiger partial charge on any atom is 0.260 e. The molecule has 2 heterocycles. The number of fused-ring (bicyclic) bond motifs is 1. The number of aromatic nitrogens is 2. The average Bonchev–Trinajstić information content (AvgIpc) is 3.32. The van der Waals surface area contributed by atoms with Gasteiger partial charge in [0.2, 0.25) is 0 Å². The van der Waals surface area contributed by atoms with Crippen LogP contribution in [-0.4, -0.2) is 21.7 Å². The van der Waals surface area contributed by atoms with E-state index in [1.165, 1.54) is 11.0 Å². The van der Waals surface area contributed by atoms with Crippen LogP contribution in [0.15, 0.2) is 91.3 Å². The summed E-state index contributed by atoms with van der Waals surface area (Å²) >= 11 is 1.02. The molecule has 0 aliphatic heterocycles. The number of halogens is 2. The number of nitrogens with zero attached hydrogens (tertiary/aromatic N) is 3. The van der Waals surface area contributed by atoms with Crippen molar-refractivity contribution in [2.75, 3.05) is 4.90 Å². The molecule has 0 spiro atoms. The highest BCUT2D eigenvalue weighted by molar-refractivity contribution is 7.22. The molecule has 0 saturated heterocycles. The summed E-state index contributed by atoms with van der Waals surface area (Å²) in [6.45, 7) is 0.126. The van der Waals surface area contributed by atoms with Crippen LogP contribution in [0.1, 0.15) is 31.8 Å². The van der Waals surface area contributed by atoms with Crippen molar-refractivity contribution < 1.29 is 18.4 Å². The maximum atomic E-state index is 14.3. The highest BCUT2D eigenvalue weighted by Crippen LogP contribution is 2.33. The van der Waals surface area contributed by atoms with Gasteiger partial charge in [-0.25, -0.2) is 13.8 Å². The van der Waals surface area contributed by atoms with Gasteiger partial charge in [0.15, 0.2) is 16.7 Å². The first-order chi connectivity index (χ1) is 17.0. The van der Waals surface area contributed by atoms with Crippen LogP contribution in [0, 0.1) is 11.6 Å². The number of ketones is 1. The normalized spacial score (nSPS) is 10.9. The Morgan fingerprint density at radius 3 is 2.29 bits per heavy atom. The zero-order chi connectivity index (χ0) is 24.4. The van der Waals surface area contributed by atoms with Crippen LogP contribution in [0.25, 0.3) is 10.2 Å². The van der Waals surface area contributed by atoms with Gasteiger partial charge in [-0.05, 0) is 29.8 Å². The smallest absolute Gasteiger partial charge is 0.260 e. The van der Waals surface area contributed by atoms with Gasteiger partial charge in [-0.1, -0.05) is 59.9 Å². The zero-order valence-corrected chi connectivity index (χ0v) is 19.0.